The van der Waals surface area contributed by atoms with Crippen LogP contribution in [0.1, 0.15) is 31.2 Å². The number of benzene rings is 2. The van der Waals surface area contributed by atoms with Gasteiger partial charge in [0.1, 0.15) is 0 Å². The molecule has 196 valence electrons. The third-order valence-electron chi connectivity index (χ3n) is 8.17. The number of Topliss-reactive ketones (excluding diaryl/α,β-unsaturated/α-hetero) is 1. The van der Waals surface area contributed by atoms with E-state index in [-0.39, 0.29) is 52.5 Å². The highest BCUT2D eigenvalue weighted by atomic mass is 19.1. The van der Waals surface area contributed by atoms with Crippen LogP contribution in [0.5, 0.6) is 5.75 Å². The zero-order chi connectivity index (χ0) is 27.7. The number of rotatable bonds is 3. The first-order valence-corrected chi connectivity index (χ1v) is 12.4. The van der Waals surface area contributed by atoms with Crippen molar-refractivity contribution in [1.29, 1.82) is 0 Å². The number of allylic oxidation sites excluding steroid dienone is 6. The molecule has 6 rings (SSSR count). The number of carbonyl (C=O) groups is 4. The van der Waals surface area contributed by atoms with E-state index in [0.29, 0.717) is 11.1 Å². The van der Waals surface area contributed by atoms with Crippen molar-refractivity contribution in [1.82, 2.24) is 0 Å². The van der Waals surface area contributed by atoms with Crippen LogP contribution in [0.4, 0.5) is 15.8 Å². The summed E-state index contributed by atoms with van der Waals surface area (Å²) in [5.41, 5.74) is 1.50. The van der Waals surface area contributed by atoms with E-state index in [1.54, 1.807) is 6.08 Å². The normalized spacial score (nSPS) is 26.2. The van der Waals surface area contributed by atoms with Gasteiger partial charge in [0, 0.05) is 34.8 Å². The maximum atomic E-state index is 14.5. The van der Waals surface area contributed by atoms with E-state index in [2.05, 4.69) is 0 Å². The molecule has 3 aliphatic carbocycles. The lowest BCUT2D eigenvalue weighted by Gasteiger charge is -2.42. The fourth-order valence-corrected chi connectivity index (χ4v) is 6.44. The molecule has 2 amide bonds. The summed E-state index contributed by atoms with van der Waals surface area (Å²) in [4.78, 5) is 65.4. The number of aromatic hydroxyl groups is 1. The first-order valence-electron chi connectivity index (χ1n) is 12.4. The molecule has 0 saturated carbocycles. The van der Waals surface area contributed by atoms with Crippen LogP contribution in [0.15, 0.2) is 76.9 Å². The summed E-state index contributed by atoms with van der Waals surface area (Å²) in [6.07, 6.45) is 3.26. The van der Waals surface area contributed by atoms with Crippen LogP contribution in [-0.2, 0) is 19.2 Å². The van der Waals surface area contributed by atoms with Crippen molar-refractivity contribution in [3.05, 3.63) is 98.4 Å². The number of anilines is 1. The number of imide groups is 1. The molecule has 2 aromatic rings. The Morgan fingerprint density at radius 1 is 1.05 bits per heavy atom. The van der Waals surface area contributed by atoms with Crippen LogP contribution in [0, 0.1) is 33.7 Å². The summed E-state index contributed by atoms with van der Waals surface area (Å²) in [7, 11) is 0. The number of fused-ring (bicyclic) bond motifs is 3. The van der Waals surface area contributed by atoms with Crippen LogP contribution < -0.4 is 4.90 Å². The van der Waals surface area contributed by atoms with Crippen molar-refractivity contribution in [3.63, 3.8) is 0 Å². The Labute approximate surface area is 221 Å². The summed E-state index contributed by atoms with van der Waals surface area (Å²) >= 11 is 0. The molecule has 0 radical (unpaired) electrons. The van der Waals surface area contributed by atoms with Gasteiger partial charge in [-0.1, -0.05) is 23.8 Å². The van der Waals surface area contributed by atoms with E-state index in [1.807, 2.05) is 0 Å². The average molecular weight is 528 g/mol. The molecule has 1 N–H and O–H groups in total. The lowest BCUT2D eigenvalue weighted by atomic mass is 9.59. The number of nitro groups is 1. The number of hydrogen-bond donors (Lipinski definition) is 1. The number of nitro benzene ring substituents is 1. The standard InChI is InChI=1S/C29H21FN2O7/c1-13-9-23(34)20-12-19-17(24(26(20)27(13)35)14-5-8-22(33)21(30)10-14)6-7-18-25(19)29(37)31(28(18)36)15-3-2-4-16(11-15)32(38)39/h2-6,8-11,18-19,24-25,33H,7,12H2,1H3/t18-,19+,24-,25-/m0/s1. The molecule has 1 fully saturated rings. The second kappa shape index (κ2) is 8.65. The molecule has 10 heteroatoms. The number of halogens is 1. The zero-order valence-electron chi connectivity index (χ0n) is 20.6. The summed E-state index contributed by atoms with van der Waals surface area (Å²) in [6, 6.07) is 9.05. The Bertz CT molecular complexity index is 1640. The van der Waals surface area contributed by atoms with E-state index in [1.165, 1.54) is 49.4 Å². The maximum absolute atomic E-state index is 14.5. The van der Waals surface area contributed by atoms with Gasteiger partial charge in [-0.05, 0) is 55.5 Å². The van der Waals surface area contributed by atoms with Crippen LogP contribution in [-0.4, -0.2) is 33.4 Å². The fraction of sp³-hybridized carbons (Fsp3) is 0.241. The third-order valence-corrected chi connectivity index (χ3v) is 8.17. The minimum Gasteiger partial charge on any atom is -0.505 e. The second-order valence-electron chi connectivity index (χ2n) is 10.2. The zero-order valence-corrected chi connectivity index (χ0v) is 20.6. The average Bonchev–Trinajstić information content (AvgIpc) is 3.17. The summed E-state index contributed by atoms with van der Waals surface area (Å²) in [5.74, 6) is -6.31. The lowest BCUT2D eigenvalue weighted by molar-refractivity contribution is -0.384. The van der Waals surface area contributed by atoms with Gasteiger partial charge in [-0.3, -0.25) is 29.3 Å². The Morgan fingerprint density at radius 3 is 2.54 bits per heavy atom. The van der Waals surface area contributed by atoms with Gasteiger partial charge in [0.25, 0.3) is 5.69 Å². The number of amides is 2. The molecule has 39 heavy (non-hydrogen) atoms. The smallest absolute Gasteiger partial charge is 0.271 e. The molecule has 1 aliphatic heterocycles. The van der Waals surface area contributed by atoms with E-state index in [9.17, 15) is 38.8 Å². The number of hydrogen-bond acceptors (Lipinski definition) is 7. The van der Waals surface area contributed by atoms with Crippen molar-refractivity contribution < 1.29 is 33.6 Å². The first-order chi connectivity index (χ1) is 18.6. The quantitative estimate of drug-likeness (QED) is 0.209. The number of nitrogens with zero attached hydrogens (tertiary/aromatic N) is 2. The van der Waals surface area contributed by atoms with E-state index < -0.39 is 52.0 Å². The van der Waals surface area contributed by atoms with Gasteiger partial charge in [0.05, 0.1) is 22.4 Å². The predicted octanol–water partition coefficient (Wildman–Crippen LogP) is 4.07. The highest BCUT2D eigenvalue weighted by molar-refractivity contribution is 6.25. The van der Waals surface area contributed by atoms with Crippen LogP contribution >= 0.6 is 0 Å². The summed E-state index contributed by atoms with van der Waals surface area (Å²) in [6.45, 7) is 1.53. The number of carbonyl (C=O) groups excluding carboxylic acids is 4. The highest BCUT2D eigenvalue weighted by Crippen LogP contribution is 2.55. The van der Waals surface area contributed by atoms with Gasteiger partial charge in [-0.25, -0.2) is 9.29 Å². The Kier molecular flexibility index (Phi) is 5.46. The van der Waals surface area contributed by atoms with E-state index in [0.717, 1.165) is 11.0 Å². The number of non-ortho nitro benzene ring substituents is 1. The first kappa shape index (κ1) is 24.6. The minimum absolute atomic E-state index is 0.0511. The van der Waals surface area contributed by atoms with Gasteiger partial charge in [-0.2, -0.15) is 0 Å². The number of ketones is 2. The SMILES string of the molecule is CC1=CC(=O)C2=C(C1=O)[C@@H](c1ccc(O)c(F)c1)C1=CC[C@@H]3C(=O)N(c4cccc([N+](=O)[O-])c4)C(=O)[C@@H]3[C@@H]1C2. The van der Waals surface area contributed by atoms with Gasteiger partial charge in [0.15, 0.2) is 23.1 Å². The predicted molar refractivity (Wildman–Crippen MR) is 135 cm³/mol. The largest absolute Gasteiger partial charge is 0.505 e. The number of phenolic OH excluding ortho intramolecular Hbond substituents is 1. The molecule has 2 aromatic carbocycles. The molecule has 4 atom stereocenters. The lowest BCUT2D eigenvalue weighted by Crippen LogP contribution is -2.39. The van der Waals surface area contributed by atoms with E-state index in [4.69, 9.17) is 0 Å². The van der Waals surface area contributed by atoms with Gasteiger partial charge >= 0.3 is 0 Å². The van der Waals surface area contributed by atoms with Crippen molar-refractivity contribution in [2.45, 2.75) is 25.7 Å². The summed E-state index contributed by atoms with van der Waals surface area (Å²) in [5, 5.41) is 21.1. The molecular weight excluding hydrogens is 507 g/mol. The Balaban J connectivity index is 1.48. The van der Waals surface area contributed by atoms with Crippen molar-refractivity contribution in [2.24, 2.45) is 17.8 Å². The molecule has 0 aromatic heterocycles. The second-order valence-corrected chi connectivity index (χ2v) is 10.2. The van der Waals surface area contributed by atoms with E-state index >= 15 is 0 Å². The molecule has 0 spiro atoms. The van der Waals surface area contributed by atoms with Crippen molar-refractivity contribution >= 4 is 34.8 Å². The molecular formula is C29H21FN2O7. The molecule has 1 saturated heterocycles. The number of phenols is 1. The molecule has 9 nitrogen and oxygen atoms in total. The van der Waals surface area contributed by atoms with Gasteiger partial charge < -0.3 is 5.11 Å². The van der Waals surface area contributed by atoms with Crippen LogP contribution in [0.2, 0.25) is 0 Å². The van der Waals surface area contributed by atoms with Crippen molar-refractivity contribution in [3.8, 4) is 5.75 Å². The Hall–Kier alpha value is -4.73. The monoisotopic (exact) mass is 528 g/mol. The third kappa shape index (κ3) is 3.58. The molecule has 4 aliphatic rings. The van der Waals surface area contributed by atoms with Crippen molar-refractivity contribution in [2.75, 3.05) is 4.90 Å². The van der Waals surface area contributed by atoms with Gasteiger partial charge in [0.2, 0.25) is 11.8 Å². The van der Waals surface area contributed by atoms with Crippen LogP contribution in [0.25, 0.3) is 0 Å². The maximum Gasteiger partial charge on any atom is 0.271 e. The summed E-state index contributed by atoms with van der Waals surface area (Å²) < 4.78 is 14.5. The molecule has 0 bridgehead atoms. The van der Waals surface area contributed by atoms with Gasteiger partial charge in [-0.15, -0.1) is 0 Å². The van der Waals surface area contributed by atoms with Crippen LogP contribution in [0.3, 0.4) is 0 Å². The molecule has 1 heterocycles. The fourth-order valence-electron chi connectivity index (χ4n) is 6.44. The topological polar surface area (TPSA) is 135 Å². The Morgan fingerprint density at radius 2 is 1.82 bits per heavy atom. The highest BCUT2D eigenvalue weighted by Gasteiger charge is 2.56. The minimum atomic E-state index is -0.892. The molecule has 0 unspecified atom stereocenters.